The summed E-state index contributed by atoms with van der Waals surface area (Å²) in [5.74, 6) is -1.71. The van der Waals surface area contributed by atoms with Crippen molar-refractivity contribution in [2.45, 2.75) is 6.92 Å². The van der Waals surface area contributed by atoms with Crippen LogP contribution in [0.3, 0.4) is 0 Å². The Bertz CT molecular complexity index is 577. The largest absolute Gasteiger partial charge is 0.423 e. The molecule has 2 aromatic carbocycles. The lowest BCUT2D eigenvalue weighted by molar-refractivity contribution is 0.0729. The molecule has 18 heavy (non-hydrogen) atoms. The van der Waals surface area contributed by atoms with Crippen LogP contribution in [0.1, 0.15) is 15.9 Å². The molecule has 2 nitrogen and oxygen atoms in total. The molecule has 2 rings (SSSR count). The lowest BCUT2D eigenvalue weighted by Crippen LogP contribution is -2.10. The minimum absolute atomic E-state index is 0.148. The number of rotatable bonds is 2. The highest BCUT2D eigenvalue weighted by atomic mass is 19.1. The highest BCUT2D eigenvalue weighted by Gasteiger charge is 2.13. The van der Waals surface area contributed by atoms with E-state index in [0.29, 0.717) is 5.56 Å². The van der Waals surface area contributed by atoms with Crippen LogP contribution >= 0.6 is 0 Å². The first-order chi connectivity index (χ1) is 8.56. The van der Waals surface area contributed by atoms with Crippen LogP contribution in [0, 0.1) is 18.6 Å². The molecule has 0 bridgehead atoms. The third-order valence-electron chi connectivity index (χ3n) is 2.37. The van der Waals surface area contributed by atoms with Crippen LogP contribution in [0.4, 0.5) is 8.78 Å². The molecule has 0 aliphatic heterocycles. The Morgan fingerprint density at radius 2 is 1.72 bits per heavy atom. The van der Waals surface area contributed by atoms with E-state index in [1.54, 1.807) is 13.0 Å². The Morgan fingerprint density at radius 1 is 1.06 bits per heavy atom. The van der Waals surface area contributed by atoms with Gasteiger partial charge in [0.1, 0.15) is 17.4 Å². The lowest BCUT2D eigenvalue weighted by Gasteiger charge is -2.05. The molecular formula is C14H10F2O2. The van der Waals surface area contributed by atoms with Gasteiger partial charge in [-0.25, -0.2) is 13.6 Å². The van der Waals surface area contributed by atoms with Gasteiger partial charge in [0.2, 0.25) is 0 Å². The fourth-order valence-corrected chi connectivity index (χ4v) is 1.45. The number of aryl methyl sites for hydroxylation is 1. The van der Waals surface area contributed by atoms with Crippen molar-refractivity contribution < 1.29 is 18.3 Å². The van der Waals surface area contributed by atoms with E-state index in [1.165, 1.54) is 24.3 Å². The molecule has 0 spiro atoms. The Morgan fingerprint density at radius 3 is 2.33 bits per heavy atom. The van der Waals surface area contributed by atoms with Crippen molar-refractivity contribution in [2.24, 2.45) is 0 Å². The molecule has 0 unspecified atom stereocenters. The second-order valence-corrected chi connectivity index (χ2v) is 3.83. The second kappa shape index (κ2) is 4.96. The van der Waals surface area contributed by atoms with Gasteiger partial charge in [0.15, 0.2) is 0 Å². The van der Waals surface area contributed by atoms with Crippen LogP contribution in [-0.2, 0) is 0 Å². The third kappa shape index (κ3) is 2.71. The lowest BCUT2D eigenvalue weighted by atomic mass is 10.1. The first-order valence-corrected chi connectivity index (χ1v) is 5.30. The van der Waals surface area contributed by atoms with Gasteiger partial charge in [-0.1, -0.05) is 6.07 Å². The summed E-state index contributed by atoms with van der Waals surface area (Å²) in [5.41, 5.74) is 0.566. The topological polar surface area (TPSA) is 26.3 Å². The first-order valence-electron chi connectivity index (χ1n) is 5.30. The zero-order valence-electron chi connectivity index (χ0n) is 9.61. The number of hydrogen-bond acceptors (Lipinski definition) is 2. The summed E-state index contributed by atoms with van der Waals surface area (Å²) in [6, 6.07) is 9.16. The fourth-order valence-electron chi connectivity index (χ4n) is 1.45. The molecule has 0 saturated carbocycles. The van der Waals surface area contributed by atoms with E-state index in [1.807, 2.05) is 0 Å². The van der Waals surface area contributed by atoms with Crippen molar-refractivity contribution in [1.29, 1.82) is 0 Å². The number of halogens is 2. The molecule has 4 heteroatoms. The van der Waals surface area contributed by atoms with Crippen LogP contribution < -0.4 is 4.74 Å². The number of carbonyl (C=O) groups excluding carboxylic acids is 1. The highest BCUT2D eigenvalue weighted by Crippen LogP contribution is 2.16. The van der Waals surface area contributed by atoms with Crippen LogP contribution in [0.2, 0.25) is 0 Å². The Kier molecular flexibility index (Phi) is 3.37. The maximum atomic E-state index is 13.5. The number of ether oxygens (including phenoxy) is 1. The molecule has 0 aliphatic carbocycles. The summed E-state index contributed by atoms with van der Waals surface area (Å²) in [6.07, 6.45) is 0. The molecule has 0 aliphatic rings. The summed E-state index contributed by atoms with van der Waals surface area (Å²) in [4.78, 5) is 11.7. The number of benzene rings is 2. The molecular weight excluding hydrogens is 238 g/mol. The predicted molar refractivity (Wildman–Crippen MR) is 62.5 cm³/mol. The summed E-state index contributed by atoms with van der Waals surface area (Å²) < 4.78 is 31.1. The number of hydrogen-bond donors (Lipinski definition) is 0. The van der Waals surface area contributed by atoms with E-state index in [2.05, 4.69) is 0 Å². The summed E-state index contributed by atoms with van der Waals surface area (Å²) in [7, 11) is 0. The van der Waals surface area contributed by atoms with Gasteiger partial charge in [0.25, 0.3) is 0 Å². The van der Waals surface area contributed by atoms with Gasteiger partial charge in [-0.05, 0) is 48.9 Å². The minimum Gasteiger partial charge on any atom is -0.423 e. The predicted octanol–water partition coefficient (Wildman–Crippen LogP) is 3.49. The van der Waals surface area contributed by atoms with Gasteiger partial charge in [-0.2, -0.15) is 0 Å². The van der Waals surface area contributed by atoms with Crippen molar-refractivity contribution in [3.8, 4) is 5.75 Å². The first kappa shape index (κ1) is 12.2. The van der Waals surface area contributed by atoms with Crippen molar-refractivity contribution in [3.63, 3.8) is 0 Å². The van der Waals surface area contributed by atoms with E-state index in [4.69, 9.17) is 4.74 Å². The maximum absolute atomic E-state index is 13.5. The van der Waals surface area contributed by atoms with Crippen molar-refractivity contribution in [1.82, 2.24) is 0 Å². The summed E-state index contributed by atoms with van der Waals surface area (Å²) >= 11 is 0. The van der Waals surface area contributed by atoms with E-state index < -0.39 is 17.6 Å². The van der Waals surface area contributed by atoms with E-state index in [0.717, 1.165) is 12.1 Å². The van der Waals surface area contributed by atoms with Gasteiger partial charge in [-0.3, -0.25) is 0 Å². The smallest absolute Gasteiger partial charge is 0.346 e. The van der Waals surface area contributed by atoms with Crippen molar-refractivity contribution in [3.05, 3.63) is 65.2 Å². The quantitative estimate of drug-likeness (QED) is 0.600. The Labute approximate surface area is 103 Å². The molecule has 0 atom stereocenters. The van der Waals surface area contributed by atoms with Gasteiger partial charge in [0, 0.05) is 0 Å². The fraction of sp³-hybridized carbons (Fsp3) is 0.0714. The standard InChI is InChI=1S/C14H10F2O2/c1-9-2-7-12(13(16)8-9)14(17)18-11-5-3-10(15)4-6-11/h2-8H,1H3. The SMILES string of the molecule is Cc1ccc(C(=O)Oc2ccc(F)cc2)c(F)c1. The zero-order chi connectivity index (χ0) is 13.1. The Hall–Kier alpha value is -2.23. The number of esters is 1. The molecule has 0 N–H and O–H groups in total. The van der Waals surface area contributed by atoms with E-state index in [9.17, 15) is 13.6 Å². The van der Waals surface area contributed by atoms with Crippen LogP contribution in [-0.4, -0.2) is 5.97 Å². The average molecular weight is 248 g/mol. The average Bonchev–Trinajstić information content (AvgIpc) is 2.32. The summed E-state index contributed by atoms with van der Waals surface area (Å²) in [5, 5.41) is 0. The van der Waals surface area contributed by atoms with Crippen molar-refractivity contribution >= 4 is 5.97 Å². The molecule has 0 heterocycles. The molecule has 0 fully saturated rings. The highest BCUT2D eigenvalue weighted by molar-refractivity contribution is 5.91. The van der Waals surface area contributed by atoms with Gasteiger partial charge in [0.05, 0.1) is 5.56 Å². The molecule has 92 valence electrons. The number of carbonyl (C=O) groups is 1. The summed E-state index contributed by atoms with van der Waals surface area (Å²) in [6.45, 7) is 1.72. The Balaban J connectivity index is 2.19. The monoisotopic (exact) mass is 248 g/mol. The minimum atomic E-state index is -0.806. The molecule has 2 aromatic rings. The van der Waals surface area contributed by atoms with Crippen LogP contribution in [0.15, 0.2) is 42.5 Å². The normalized spacial score (nSPS) is 10.2. The van der Waals surface area contributed by atoms with Crippen molar-refractivity contribution in [2.75, 3.05) is 0 Å². The zero-order valence-corrected chi connectivity index (χ0v) is 9.61. The maximum Gasteiger partial charge on any atom is 0.346 e. The van der Waals surface area contributed by atoms with E-state index >= 15 is 0 Å². The molecule has 0 amide bonds. The van der Waals surface area contributed by atoms with Gasteiger partial charge in [-0.15, -0.1) is 0 Å². The third-order valence-corrected chi connectivity index (χ3v) is 2.37. The van der Waals surface area contributed by atoms with Crippen LogP contribution in [0.5, 0.6) is 5.75 Å². The van der Waals surface area contributed by atoms with Gasteiger partial charge >= 0.3 is 5.97 Å². The molecule has 0 radical (unpaired) electrons. The van der Waals surface area contributed by atoms with E-state index in [-0.39, 0.29) is 11.3 Å². The molecule has 0 aromatic heterocycles. The molecule has 0 saturated heterocycles. The van der Waals surface area contributed by atoms with Crippen LogP contribution in [0.25, 0.3) is 0 Å². The second-order valence-electron chi connectivity index (χ2n) is 3.83. The van der Waals surface area contributed by atoms with Gasteiger partial charge < -0.3 is 4.74 Å².